The van der Waals surface area contributed by atoms with E-state index in [0.717, 1.165) is 12.2 Å². The zero-order valence-electron chi connectivity index (χ0n) is 10.5. The Morgan fingerprint density at radius 1 is 1.11 bits per heavy atom. The molecule has 1 aromatic carbocycles. The number of hydrogen-bond acceptors (Lipinski definition) is 3. The third kappa shape index (κ3) is 3.08. The normalized spacial score (nSPS) is 12.1. The summed E-state index contributed by atoms with van der Waals surface area (Å²) in [6.45, 7) is 0.634. The van der Waals surface area contributed by atoms with Crippen molar-refractivity contribution < 1.29 is 4.74 Å². The summed E-state index contributed by atoms with van der Waals surface area (Å²) in [6.07, 6.45) is 4.57. The smallest absolute Gasteiger partial charge is 0.118 e. The Morgan fingerprint density at radius 3 is 2.33 bits per heavy atom. The molecular weight excluding hydrogens is 224 g/mol. The summed E-state index contributed by atoms with van der Waals surface area (Å²) in [5, 5.41) is 0. The molecule has 0 bridgehead atoms. The molecule has 94 valence electrons. The lowest BCUT2D eigenvalue weighted by atomic mass is 9.92. The second-order valence-corrected chi connectivity index (χ2v) is 4.27. The molecular formula is C15H18N2O. The number of methoxy groups -OCH3 is 1. The summed E-state index contributed by atoms with van der Waals surface area (Å²) in [6, 6.07) is 12.2. The second-order valence-electron chi connectivity index (χ2n) is 4.27. The first-order chi connectivity index (χ1) is 8.83. The average Bonchev–Trinajstić information content (AvgIpc) is 2.46. The van der Waals surface area contributed by atoms with Crippen LogP contribution < -0.4 is 10.5 Å². The highest BCUT2D eigenvalue weighted by Crippen LogP contribution is 2.22. The predicted molar refractivity (Wildman–Crippen MR) is 72.7 cm³/mol. The molecule has 3 heteroatoms. The van der Waals surface area contributed by atoms with E-state index in [1.807, 2.05) is 36.7 Å². The van der Waals surface area contributed by atoms with Gasteiger partial charge in [0.2, 0.25) is 0 Å². The van der Waals surface area contributed by atoms with Gasteiger partial charge in [-0.15, -0.1) is 0 Å². The number of rotatable bonds is 5. The summed E-state index contributed by atoms with van der Waals surface area (Å²) in [7, 11) is 1.67. The summed E-state index contributed by atoms with van der Waals surface area (Å²) >= 11 is 0. The molecule has 1 heterocycles. The first-order valence-electron chi connectivity index (χ1n) is 6.06. The molecule has 1 atom stereocenters. The van der Waals surface area contributed by atoms with Gasteiger partial charge in [-0.2, -0.15) is 0 Å². The first-order valence-corrected chi connectivity index (χ1v) is 6.06. The SMILES string of the molecule is COc1ccc(C(CN)Cc2ccncc2)cc1. The second kappa shape index (κ2) is 6.17. The van der Waals surface area contributed by atoms with Crippen LogP contribution in [0.1, 0.15) is 17.0 Å². The summed E-state index contributed by atoms with van der Waals surface area (Å²) < 4.78 is 5.16. The van der Waals surface area contributed by atoms with Gasteiger partial charge in [-0.1, -0.05) is 12.1 Å². The minimum atomic E-state index is 0.332. The van der Waals surface area contributed by atoms with Gasteiger partial charge < -0.3 is 10.5 Å². The minimum Gasteiger partial charge on any atom is -0.497 e. The topological polar surface area (TPSA) is 48.1 Å². The molecule has 0 saturated heterocycles. The van der Waals surface area contributed by atoms with Crippen LogP contribution in [-0.2, 0) is 6.42 Å². The lowest BCUT2D eigenvalue weighted by Gasteiger charge is -2.15. The monoisotopic (exact) mass is 242 g/mol. The molecule has 2 aromatic rings. The van der Waals surface area contributed by atoms with Crippen molar-refractivity contribution >= 4 is 0 Å². The zero-order valence-corrected chi connectivity index (χ0v) is 10.5. The molecule has 18 heavy (non-hydrogen) atoms. The van der Waals surface area contributed by atoms with Gasteiger partial charge >= 0.3 is 0 Å². The van der Waals surface area contributed by atoms with Crippen molar-refractivity contribution in [3.63, 3.8) is 0 Å². The fourth-order valence-corrected chi connectivity index (χ4v) is 2.02. The minimum absolute atomic E-state index is 0.332. The first kappa shape index (κ1) is 12.6. The van der Waals surface area contributed by atoms with E-state index in [2.05, 4.69) is 17.1 Å². The number of aromatic nitrogens is 1. The van der Waals surface area contributed by atoms with Crippen LogP contribution in [0.5, 0.6) is 5.75 Å². The van der Waals surface area contributed by atoms with Crippen LogP contribution in [-0.4, -0.2) is 18.6 Å². The number of pyridine rings is 1. The molecule has 1 aromatic heterocycles. The summed E-state index contributed by atoms with van der Waals surface area (Å²) in [5.41, 5.74) is 8.38. The molecule has 0 aliphatic heterocycles. The van der Waals surface area contributed by atoms with Crippen molar-refractivity contribution in [1.82, 2.24) is 4.98 Å². The molecule has 2 rings (SSSR count). The van der Waals surface area contributed by atoms with Crippen molar-refractivity contribution in [3.8, 4) is 5.75 Å². The molecule has 0 aliphatic rings. The molecule has 0 fully saturated rings. The van der Waals surface area contributed by atoms with E-state index in [9.17, 15) is 0 Å². The van der Waals surface area contributed by atoms with Crippen molar-refractivity contribution in [1.29, 1.82) is 0 Å². The number of nitrogens with zero attached hydrogens (tertiary/aromatic N) is 1. The Balaban J connectivity index is 2.12. The van der Waals surface area contributed by atoms with Gasteiger partial charge in [0.1, 0.15) is 5.75 Å². The third-order valence-corrected chi connectivity index (χ3v) is 3.10. The van der Waals surface area contributed by atoms with Crippen molar-refractivity contribution in [3.05, 3.63) is 59.9 Å². The summed E-state index contributed by atoms with van der Waals surface area (Å²) in [4.78, 5) is 4.03. The van der Waals surface area contributed by atoms with E-state index in [0.29, 0.717) is 12.5 Å². The lowest BCUT2D eigenvalue weighted by Crippen LogP contribution is -2.15. The maximum atomic E-state index is 5.88. The molecule has 0 spiro atoms. The average molecular weight is 242 g/mol. The molecule has 1 unspecified atom stereocenters. The van der Waals surface area contributed by atoms with Crippen LogP contribution in [0.2, 0.25) is 0 Å². The number of benzene rings is 1. The summed E-state index contributed by atoms with van der Waals surface area (Å²) in [5.74, 6) is 1.21. The number of hydrogen-bond donors (Lipinski definition) is 1. The van der Waals surface area contributed by atoms with E-state index in [-0.39, 0.29) is 0 Å². The molecule has 3 nitrogen and oxygen atoms in total. The van der Waals surface area contributed by atoms with Crippen LogP contribution >= 0.6 is 0 Å². The van der Waals surface area contributed by atoms with Crippen molar-refractivity contribution in [2.45, 2.75) is 12.3 Å². The van der Waals surface area contributed by atoms with Crippen molar-refractivity contribution in [2.75, 3.05) is 13.7 Å². The quantitative estimate of drug-likeness (QED) is 0.875. The Hall–Kier alpha value is -1.87. The van der Waals surface area contributed by atoms with E-state index in [1.165, 1.54) is 11.1 Å². The number of nitrogens with two attached hydrogens (primary N) is 1. The van der Waals surface area contributed by atoms with Gasteiger partial charge in [0.25, 0.3) is 0 Å². The van der Waals surface area contributed by atoms with Gasteiger partial charge in [0.15, 0.2) is 0 Å². The zero-order chi connectivity index (χ0) is 12.8. The largest absolute Gasteiger partial charge is 0.497 e. The van der Waals surface area contributed by atoms with Crippen LogP contribution in [0, 0.1) is 0 Å². The van der Waals surface area contributed by atoms with Gasteiger partial charge in [-0.25, -0.2) is 0 Å². The Kier molecular flexibility index (Phi) is 4.31. The van der Waals surface area contributed by atoms with Crippen molar-refractivity contribution in [2.24, 2.45) is 5.73 Å². The van der Waals surface area contributed by atoms with Crippen LogP contribution in [0.4, 0.5) is 0 Å². The van der Waals surface area contributed by atoms with E-state index in [4.69, 9.17) is 10.5 Å². The Labute approximate surface area is 108 Å². The van der Waals surface area contributed by atoms with E-state index >= 15 is 0 Å². The van der Waals surface area contributed by atoms with Gasteiger partial charge in [-0.05, 0) is 48.4 Å². The lowest BCUT2D eigenvalue weighted by molar-refractivity contribution is 0.414. The molecule has 0 aliphatic carbocycles. The fourth-order valence-electron chi connectivity index (χ4n) is 2.02. The Bertz CT molecular complexity index is 468. The maximum Gasteiger partial charge on any atom is 0.118 e. The molecule has 0 radical (unpaired) electrons. The highest BCUT2D eigenvalue weighted by Gasteiger charge is 2.10. The molecule has 2 N–H and O–H groups in total. The molecule has 0 amide bonds. The maximum absolute atomic E-state index is 5.88. The van der Waals surface area contributed by atoms with Gasteiger partial charge in [-0.3, -0.25) is 4.98 Å². The highest BCUT2D eigenvalue weighted by molar-refractivity contribution is 5.30. The van der Waals surface area contributed by atoms with Crippen LogP contribution in [0.15, 0.2) is 48.8 Å². The predicted octanol–water partition coefficient (Wildman–Crippen LogP) is 2.38. The standard InChI is InChI=1S/C15H18N2O/c1-18-15-4-2-13(3-5-15)14(11-16)10-12-6-8-17-9-7-12/h2-9,14H,10-11,16H2,1H3. The van der Waals surface area contributed by atoms with E-state index < -0.39 is 0 Å². The third-order valence-electron chi connectivity index (χ3n) is 3.10. The van der Waals surface area contributed by atoms with Crippen LogP contribution in [0.25, 0.3) is 0 Å². The van der Waals surface area contributed by atoms with Gasteiger partial charge in [0.05, 0.1) is 7.11 Å². The Morgan fingerprint density at radius 2 is 1.78 bits per heavy atom. The highest BCUT2D eigenvalue weighted by atomic mass is 16.5. The van der Waals surface area contributed by atoms with Gasteiger partial charge in [0, 0.05) is 18.3 Å². The fraction of sp³-hybridized carbons (Fsp3) is 0.267. The molecule has 0 saturated carbocycles. The number of ether oxygens (including phenoxy) is 1. The van der Waals surface area contributed by atoms with Crippen LogP contribution in [0.3, 0.4) is 0 Å². The van der Waals surface area contributed by atoms with E-state index in [1.54, 1.807) is 7.11 Å².